The van der Waals surface area contributed by atoms with Gasteiger partial charge < -0.3 is 20.3 Å². The monoisotopic (exact) mass is 465 g/mol. The molecular weight excluding hydrogens is 430 g/mol. The molecule has 0 saturated carbocycles. The predicted molar refractivity (Wildman–Crippen MR) is 131 cm³/mol. The standard InChI is InChI=1S/C27H35N3O4/c1-2-24(19-26(32)34-18-14-21-7-4-3-5-8-21)29-27(33)23-9-6-17-30(20-23)25(31)11-10-22-12-15-28-16-13-22/h1,3-5,7-8,10-11,22-24,28H,6,9,12-20H2,(H,29,33)/b11-10+/t23-,24?/m1/s1. The molecule has 1 unspecified atom stereocenters. The number of ether oxygens (including phenoxy) is 1. The minimum atomic E-state index is -0.734. The second-order valence-electron chi connectivity index (χ2n) is 8.96. The van der Waals surface area contributed by atoms with E-state index in [1.54, 1.807) is 11.0 Å². The van der Waals surface area contributed by atoms with Gasteiger partial charge in [-0.25, -0.2) is 0 Å². The van der Waals surface area contributed by atoms with Crippen LogP contribution in [0.25, 0.3) is 0 Å². The molecule has 0 aromatic heterocycles. The van der Waals surface area contributed by atoms with E-state index in [9.17, 15) is 14.4 Å². The second kappa shape index (κ2) is 13.6. The van der Waals surface area contributed by atoms with Crippen LogP contribution in [-0.4, -0.2) is 61.5 Å². The number of amides is 2. The van der Waals surface area contributed by atoms with Crippen molar-refractivity contribution in [2.24, 2.45) is 11.8 Å². The molecular formula is C27H35N3O4. The number of esters is 1. The predicted octanol–water partition coefficient (Wildman–Crippen LogP) is 2.07. The molecule has 0 aliphatic carbocycles. The van der Waals surface area contributed by atoms with Gasteiger partial charge in [-0.15, -0.1) is 6.42 Å². The van der Waals surface area contributed by atoms with Crippen molar-refractivity contribution in [1.29, 1.82) is 0 Å². The molecule has 2 heterocycles. The number of nitrogens with one attached hydrogen (secondary N) is 2. The molecule has 1 aromatic carbocycles. The van der Waals surface area contributed by atoms with Gasteiger partial charge in [-0.1, -0.05) is 42.3 Å². The Labute approximate surface area is 202 Å². The van der Waals surface area contributed by atoms with Gasteiger partial charge >= 0.3 is 5.97 Å². The average Bonchev–Trinajstić information content (AvgIpc) is 2.88. The normalized spacial score (nSPS) is 19.9. The highest BCUT2D eigenvalue weighted by atomic mass is 16.5. The van der Waals surface area contributed by atoms with Crippen LogP contribution in [0, 0.1) is 24.2 Å². The largest absolute Gasteiger partial charge is 0.465 e. The maximum Gasteiger partial charge on any atom is 0.308 e. The molecule has 34 heavy (non-hydrogen) atoms. The summed E-state index contributed by atoms with van der Waals surface area (Å²) in [6.45, 7) is 3.22. The average molecular weight is 466 g/mol. The number of nitrogens with zero attached hydrogens (tertiary/aromatic N) is 1. The Kier molecular flexibility index (Phi) is 10.2. The van der Waals surface area contributed by atoms with Gasteiger partial charge in [0.15, 0.2) is 0 Å². The summed E-state index contributed by atoms with van der Waals surface area (Å²) in [6.07, 6.45) is 13.3. The molecule has 1 aromatic rings. The molecule has 2 aliphatic rings. The van der Waals surface area contributed by atoms with Crippen molar-refractivity contribution in [2.45, 2.75) is 44.6 Å². The molecule has 0 radical (unpaired) electrons. The number of hydrogen-bond donors (Lipinski definition) is 2. The molecule has 2 aliphatic heterocycles. The Morgan fingerprint density at radius 3 is 2.71 bits per heavy atom. The molecule has 182 valence electrons. The first-order chi connectivity index (χ1) is 16.5. The van der Waals surface area contributed by atoms with E-state index in [2.05, 4.69) is 16.6 Å². The number of piperidine rings is 2. The summed E-state index contributed by atoms with van der Waals surface area (Å²) in [5, 5.41) is 6.10. The van der Waals surface area contributed by atoms with Gasteiger partial charge in [0.05, 0.1) is 18.9 Å². The maximum absolute atomic E-state index is 12.8. The third kappa shape index (κ3) is 8.35. The van der Waals surface area contributed by atoms with Crippen LogP contribution in [-0.2, 0) is 25.5 Å². The minimum Gasteiger partial charge on any atom is -0.465 e. The van der Waals surface area contributed by atoms with Crippen LogP contribution in [0.5, 0.6) is 0 Å². The molecule has 7 heteroatoms. The van der Waals surface area contributed by atoms with Crippen LogP contribution in [0.4, 0.5) is 0 Å². The van der Waals surface area contributed by atoms with E-state index >= 15 is 0 Å². The SMILES string of the molecule is C#CC(CC(=O)OCCc1ccccc1)NC(=O)[C@@H]1CCCN(C(=O)/C=C/C2CCNCC2)C1. The number of terminal acetylenes is 1. The molecule has 0 bridgehead atoms. The van der Waals surface area contributed by atoms with Crippen molar-refractivity contribution in [3.05, 3.63) is 48.0 Å². The summed E-state index contributed by atoms with van der Waals surface area (Å²) in [4.78, 5) is 39.3. The number of likely N-dealkylation sites (tertiary alicyclic amines) is 1. The Bertz CT molecular complexity index is 887. The summed E-state index contributed by atoms with van der Waals surface area (Å²) in [6, 6.07) is 9.02. The Balaban J connectivity index is 1.41. The zero-order valence-electron chi connectivity index (χ0n) is 19.7. The van der Waals surface area contributed by atoms with Crippen LogP contribution in [0.3, 0.4) is 0 Å². The van der Waals surface area contributed by atoms with E-state index < -0.39 is 12.0 Å². The van der Waals surface area contributed by atoms with Gasteiger partial charge in [0, 0.05) is 19.5 Å². The summed E-state index contributed by atoms with van der Waals surface area (Å²) >= 11 is 0. The number of carbonyl (C=O) groups excluding carboxylic acids is 3. The fraction of sp³-hybridized carbons (Fsp3) is 0.519. The van der Waals surface area contributed by atoms with Gasteiger partial charge in [-0.2, -0.15) is 0 Å². The van der Waals surface area contributed by atoms with Crippen molar-refractivity contribution in [3.8, 4) is 12.3 Å². The zero-order valence-corrected chi connectivity index (χ0v) is 19.7. The van der Waals surface area contributed by atoms with Gasteiger partial charge in [-0.05, 0) is 56.3 Å². The van der Waals surface area contributed by atoms with Crippen molar-refractivity contribution in [1.82, 2.24) is 15.5 Å². The molecule has 0 spiro atoms. The maximum atomic E-state index is 12.8. The highest BCUT2D eigenvalue weighted by Gasteiger charge is 2.29. The number of allylic oxidation sites excluding steroid dienone is 1. The first kappa shape index (κ1) is 25.5. The Morgan fingerprint density at radius 2 is 1.97 bits per heavy atom. The van der Waals surface area contributed by atoms with Gasteiger partial charge in [0.2, 0.25) is 11.8 Å². The topological polar surface area (TPSA) is 87.7 Å². The summed E-state index contributed by atoms with van der Waals surface area (Å²) in [5.74, 6) is 1.85. The van der Waals surface area contributed by atoms with E-state index in [-0.39, 0.29) is 30.8 Å². The van der Waals surface area contributed by atoms with Gasteiger partial charge in [0.1, 0.15) is 6.04 Å². The molecule has 2 atom stereocenters. The molecule has 2 saturated heterocycles. The van der Waals surface area contributed by atoms with Crippen LogP contribution < -0.4 is 10.6 Å². The molecule has 2 amide bonds. The second-order valence-corrected chi connectivity index (χ2v) is 8.96. The summed E-state index contributed by atoms with van der Waals surface area (Å²) in [5.41, 5.74) is 1.08. The van der Waals surface area contributed by atoms with Crippen molar-refractivity contribution in [3.63, 3.8) is 0 Å². The Morgan fingerprint density at radius 1 is 1.21 bits per heavy atom. The fourth-order valence-corrected chi connectivity index (χ4v) is 4.35. The quantitative estimate of drug-likeness (QED) is 0.331. The fourth-order valence-electron chi connectivity index (χ4n) is 4.35. The van der Waals surface area contributed by atoms with E-state index in [1.165, 1.54) is 0 Å². The molecule has 7 nitrogen and oxygen atoms in total. The van der Waals surface area contributed by atoms with Crippen molar-refractivity contribution < 1.29 is 19.1 Å². The lowest BCUT2D eigenvalue weighted by Crippen LogP contribution is -2.47. The smallest absolute Gasteiger partial charge is 0.308 e. The van der Waals surface area contributed by atoms with E-state index in [4.69, 9.17) is 11.2 Å². The molecule has 3 rings (SSSR count). The zero-order chi connectivity index (χ0) is 24.2. The van der Waals surface area contributed by atoms with Crippen LogP contribution in [0.15, 0.2) is 42.5 Å². The van der Waals surface area contributed by atoms with Crippen LogP contribution in [0.2, 0.25) is 0 Å². The first-order valence-corrected chi connectivity index (χ1v) is 12.2. The summed E-state index contributed by atoms with van der Waals surface area (Å²) < 4.78 is 5.28. The summed E-state index contributed by atoms with van der Waals surface area (Å²) in [7, 11) is 0. The third-order valence-corrected chi connectivity index (χ3v) is 6.38. The third-order valence-electron chi connectivity index (χ3n) is 6.38. The first-order valence-electron chi connectivity index (χ1n) is 12.2. The molecule has 2 fully saturated rings. The van der Waals surface area contributed by atoms with Crippen LogP contribution >= 0.6 is 0 Å². The lowest BCUT2D eigenvalue weighted by atomic mass is 9.95. The van der Waals surface area contributed by atoms with Crippen molar-refractivity contribution >= 4 is 17.8 Å². The highest BCUT2D eigenvalue weighted by molar-refractivity contribution is 5.88. The minimum absolute atomic E-state index is 0.0495. The van der Waals surface area contributed by atoms with E-state index in [1.807, 2.05) is 36.4 Å². The number of rotatable bonds is 9. The lowest BCUT2D eigenvalue weighted by molar-refractivity contribution is -0.143. The number of hydrogen-bond acceptors (Lipinski definition) is 5. The van der Waals surface area contributed by atoms with E-state index in [0.717, 1.165) is 37.9 Å². The molecule has 2 N–H and O–H groups in total. The number of carbonyl (C=O) groups is 3. The van der Waals surface area contributed by atoms with Crippen molar-refractivity contribution in [2.75, 3.05) is 32.8 Å². The van der Waals surface area contributed by atoms with Gasteiger partial charge in [-0.3, -0.25) is 14.4 Å². The van der Waals surface area contributed by atoms with Gasteiger partial charge in [0.25, 0.3) is 0 Å². The van der Waals surface area contributed by atoms with E-state index in [0.29, 0.717) is 31.8 Å². The lowest BCUT2D eigenvalue weighted by Gasteiger charge is -2.32. The highest BCUT2D eigenvalue weighted by Crippen LogP contribution is 2.19. The Hall–Kier alpha value is -3.11. The number of benzene rings is 1. The van der Waals surface area contributed by atoms with Crippen LogP contribution in [0.1, 0.15) is 37.7 Å².